The van der Waals surface area contributed by atoms with Gasteiger partial charge in [0.05, 0.1) is 6.61 Å². The Hall–Kier alpha value is -2.32. The second kappa shape index (κ2) is 7.98. The maximum atomic E-state index is 6.07. The Bertz CT molecular complexity index is 794. The Morgan fingerprint density at radius 2 is 1.54 bits per heavy atom. The van der Waals surface area contributed by atoms with Gasteiger partial charge in [-0.15, -0.1) is 0 Å². The summed E-state index contributed by atoms with van der Waals surface area (Å²) >= 11 is 0. The van der Waals surface area contributed by atoms with E-state index in [0.29, 0.717) is 6.61 Å². The van der Waals surface area contributed by atoms with Gasteiger partial charge >= 0.3 is 0 Å². The van der Waals surface area contributed by atoms with Crippen LogP contribution in [0.4, 0.5) is 0 Å². The van der Waals surface area contributed by atoms with Crippen LogP contribution in [0.15, 0.2) is 60.7 Å². The van der Waals surface area contributed by atoms with Crippen LogP contribution in [0.5, 0.6) is 5.75 Å². The second-order valence-corrected chi connectivity index (χ2v) is 5.87. The van der Waals surface area contributed by atoms with Crippen molar-refractivity contribution in [2.45, 2.75) is 19.8 Å². The molecule has 2 heteroatoms. The third kappa shape index (κ3) is 3.44. The number of methoxy groups -OCH3 is 1. The highest BCUT2D eigenvalue weighted by Gasteiger charge is 2.13. The molecule has 0 bridgehead atoms. The fraction of sp³-hybridized carbons (Fsp3) is 0.273. The molecule has 0 aliphatic heterocycles. The molecule has 0 saturated heterocycles. The van der Waals surface area contributed by atoms with Crippen LogP contribution in [-0.2, 0) is 11.2 Å². The first kappa shape index (κ1) is 16.5. The fourth-order valence-corrected chi connectivity index (χ4v) is 3.13. The molecule has 0 heterocycles. The fourth-order valence-electron chi connectivity index (χ4n) is 3.13. The highest BCUT2D eigenvalue weighted by atomic mass is 16.5. The predicted octanol–water partition coefficient (Wildman–Crippen LogP) is 5.48. The Balaban J connectivity index is 2.09. The van der Waals surface area contributed by atoms with Crippen molar-refractivity contribution in [3.63, 3.8) is 0 Å². The molecule has 3 aromatic carbocycles. The summed E-state index contributed by atoms with van der Waals surface area (Å²) in [5.74, 6) is 0.971. The van der Waals surface area contributed by atoms with Crippen molar-refractivity contribution in [1.82, 2.24) is 0 Å². The van der Waals surface area contributed by atoms with E-state index in [9.17, 15) is 0 Å². The van der Waals surface area contributed by atoms with E-state index in [4.69, 9.17) is 9.47 Å². The monoisotopic (exact) mass is 320 g/mol. The molecular weight excluding hydrogens is 296 g/mol. The van der Waals surface area contributed by atoms with Gasteiger partial charge in [0.2, 0.25) is 0 Å². The molecule has 0 atom stereocenters. The number of benzene rings is 3. The summed E-state index contributed by atoms with van der Waals surface area (Å²) in [4.78, 5) is 0. The summed E-state index contributed by atoms with van der Waals surface area (Å²) in [6, 6.07) is 21.3. The minimum absolute atomic E-state index is 0.672. The van der Waals surface area contributed by atoms with Gasteiger partial charge in [-0.25, -0.2) is 0 Å². The third-order valence-corrected chi connectivity index (χ3v) is 4.28. The number of hydrogen-bond donors (Lipinski definition) is 0. The van der Waals surface area contributed by atoms with E-state index in [1.165, 1.54) is 27.5 Å². The van der Waals surface area contributed by atoms with Gasteiger partial charge in [0.1, 0.15) is 5.75 Å². The predicted molar refractivity (Wildman–Crippen MR) is 101 cm³/mol. The number of fused-ring (bicyclic) bond motifs is 1. The summed E-state index contributed by atoms with van der Waals surface area (Å²) in [6.45, 7) is 3.59. The van der Waals surface area contributed by atoms with Crippen LogP contribution in [0, 0.1) is 0 Å². The first-order chi connectivity index (χ1) is 11.8. The highest BCUT2D eigenvalue weighted by molar-refractivity contribution is 6.01. The minimum Gasteiger partial charge on any atom is -0.493 e. The van der Waals surface area contributed by atoms with Crippen LogP contribution in [0.3, 0.4) is 0 Å². The zero-order valence-electron chi connectivity index (χ0n) is 14.4. The molecule has 3 rings (SSSR count). The van der Waals surface area contributed by atoms with Gasteiger partial charge in [-0.05, 0) is 34.6 Å². The van der Waals surface area contributed by atoms with E-state index >= 15 is 0 Å². The van der Waals surface area contributed by atoms with Crippen molar-refractivity contribution in [3.8, 4) is 16.9 Å². The maximum Gasteiger partial charge on any atom is 0.127 e. The van der Waals surface area contributed by atoms with Crippen LogP contribution in [0.25, 0.3) is 21.9 Å². The summed E-state index contributed by atoms with van der Waals surface area (Å²) in [5, 5.41) is 2.43. The van der Waals surface area contributed by atoms with Crippen molar-refractivity contribution in [2.24, 2.45) is 0 Å². The average Bonchev–Trinajstić information content (AvgIpc) is 2.65. The molecule has 2 nitrogen and oxygen atoms in total. The second-order valence-electron chi connectivity index (χ2n) is 5.87. The SMILES string of the molecule is CCc1cc(OCCCOC)c2ccccc2c1-c1ccccc1. The van der Waals surface area contributed by atoms with Crippen molar-refractivity contribution in [2.75, 3.05) is 20.3 Å². The van der Waals surface area contributed by atoms with E-state index < -0.39 is 0 Å². The summed E-state index contributed by atoms with van der Waals surface area (Å²) in [7, 11) is 1.72. The van der Waals surface area contributed by atoms with Gasteiger partial charge in [0.15, 0.2) is 0 Å². The minimum atomic E-state index is 0.672. The lowest BCUT2D eigenvalue weighted by Gasteiger charge is -2.17. The van der Waals surface area contributed by atoms with E-state index in [2.05, 4.69) is 67.6 Å². The smallest absolute Gasteiger partial charge is 0.127 e. The summed E-state index contributed by atoms with van der Waals surface area (Å²) in [5.41, 5.74) is 3.90. The van der Waals surface area contributed by atoms with Crippen LogP contribution >= 0.6 is 0 Å². The number of rotatable bonds is 7. The molecule has 0 spiro atoms. The van der Waals surface area contributed by atoms with Crippen LogP contribution < -0.4 is 4.74 Å². The molecule has 0 fully saturated rings. The molecule has 0 aliphatic carbocycles. The Morgan fingerprint density at radius 1 is 0.833 bits per heavy atom. The zero-order valence-corrected chi connectivity index (χ0v) is 14.4. The van der Waals surface area contributed by atoms with Crippen molar-refractivity contribution < 1.29 is 9.47 Å². The zero-order chi connectivity index (χ0) is 16.8. The van der Waals surface area contributed by atoms with Gasteiger partial charge in [0.25, 0.3) is 0 Å². The Labute approximate surface area is 144 Å². The number of hydrogen-bond acceptors (Lipinski definition) is 2. The van der Waals surface area contributed by atoms with Crippen molar-refractivity contribution in [3.05, 3.63) is 66.2 Å². The van der Waals surface area contributed by atoms with Gasteiger partial charge < -0.3 is 9.47 Å². The van der Waals surface area contributed by atoms with Gasteiger partial charge in [-0.2, -0.15) is 0 Å². The third-order valence-electron chi connectivity index (χ3n) is 4.28. The molecule has 0 radical (unpaired) electrons. The first-order valence-electron chi connectivity index (χ1n) is 8.57. The van der Waals surface area contributed by atoms with Gasteiger partial charge in [-0.3, -0.25) is 0 Å². The summed E-state index contributed by atoms with van der Waals surface area (Å²) in [6.07, 6.45) is 1.87. The van der Waals surface area contributed by atoms with E-state index in [1.54, 1.807) is 7.11 Å². The van der Waals surface area contributed by atoms with Crippen molar-refractivity contribution >= 4 is 10.8 Å². The van der Waals surface area contributed by atoms with E-state index in [-0.39, 0.29) is 0 Å². The van der Waals surface area contributed by atoms with Gasteiger partial charge in [0, 0.05) is 25.5 Å². The first-order valence-corrected chi connectivity index (χ1v) is 8.57. The topological polar surface area (TPSA) is 18.5 Å². The molecule has 0 aromatic heterocycles. The highest BCUT2D eigenvalue weighted by Crippen LogP contribution is 2.38. The molecule has 0 unspecified atom stereocenters. The lowest BCUT2D eigenvalue weighted by atomic mass is 9.91. The standard InChI is InChI=1S/C22H24O2/c1-3-17-16-21(24-15-9-14-23-2)19-12-7-8-13-20(19)22(17)18-10-5-4-6-11-18/h4-8,10-13,16H,3,9,14-15H2,1-2H3. The largest absolute Gasteiger partial charge is 0.493 e. The molecule has 24 heavy (non-hydrogen) atoms. The van der Waals surface area contributed by atoms with E-state index in [1.807, 2.05) is 0 Å². The lowest BCUT2D eigenvalue weighted by molar-refractivity contribution is 0.172. The van der Waals surface area contributed by atoms with Crippen LogP contribution in [0.1, 0.15) is 18.9 Å². The van der Waals surface area contributed by atoms with Crippen molar-refractivity contribution in [1.29, 1.82) is 0 Å². The Kier molecular flexibility index (Phi) is 5.50. The summed E-state index contributed by atoms with van der Waals surface area (Å²) < 4.78 is 11.2. The van der Waals surface area contributed by atoms with Crippen LogP contribution in [0.2, 0.25) is 0 Å². The molecule has 0 amide bonds. The maximum absolute atomic E-state index is 6.07. The normalized spacial score (nSPS) is 10.9. The van der Waals surface area contributed by atoms with E-state index in [0.717, 1.165) is 25.2 Å². The molecule has 0 aliphatic rings. The molecule has 0 N–H and O–H groups in total. The number of ether oxygens (including phenoxy) is 2. The lowest BCUT2D eigenvalue weighted by Crippen LogP contribution is -2.03. The molecular formula is C22H24O2. The number of aryl methyl sites for hydroxylation is 1. The van der Waals surface area contributed by atoms with Crippen LogP contribution in [-0.4, -0.2) is 20.3 Å². The van der Waals surface area contributed by atoms with Gasteiger partial charge in [-0.1, -0.05) is 61.5 Å². The molecule has 0 saturated carbocycles. The molecule has 124 valence electrons. The quantitative estimate of drug-likeness (QED) is 0.536. The Morgan fingerprint density at radius 3 is 2.25 bits per heavy atom. The average molecular weight is 320 g/mol. The molecule has 3 aromatic rings.